The van der Waals surface area contributed by atoms with Crippen LogP contribution in [0.25, 0.3) is 11.1 Å². The molecule has 0 aliphatic heterocycles. The number of anilines is 2. The number of nitrogens with zero attached hydrogens (tertiary/aromatic N) is 2. The van der Waals surface area contributed by atoms with Gasteiger partial charge in [0.2, 0.25) is 15.8 Å². The topological polar surface area (TPSA) is 249 Å². The van der Waals surface area contributed by atoms with Crippen LogP contribution >= 0.6 is 23.1 Å². The molecule has 3 aromatic rings. The number of thioether (sulfide) groups is 1. The molecule has 63 heavy (non-hydrogen) atoms. The Morgan fingerprint density at radius 3 is 2.06 bits per heavy atom. The Hall–Kier alpha value is -5.19. The van der Waals surface area contributed by atoms with E-state index in [2.05, 4.69) is 36.6 Å². The van der Waals surface area contributed by atoms with Crippen LogP contribution in [-0.4, -0.2) is 95.1 Å². The number of urea groups is 1. The first kappa shape index (κ1) is 52.2. The Bertz CT molecular complexity index is 2450. The number of rotatable bonds is 13. The molecule has 346 valence electrons. The minimum atomic E-state index is -4.17. The van der Waals surface area contributed by atoms with Gasteiger partial charge in [-0.1, -0.05) is 12.1 Å². The molecule has 18 nitrogen and oxygen atoms in total. The van der Waals surface area contributed by atoms with Gasteiger partial charge in [0.25, 0.3) is 0 Å². The summed E-state index contributed by atoms with van der Waals surface area (Å²) in [6.07, 6.45) is 2.02. The highest BCUT2D eigenvalue weighted by Crippen LogP contribution is 2.42. The number of hydrogen-bond donors (Lipinski definition) is 5. The number of hydrogen-bond acceptors (Lipinski definition) is 14. The molecule has 0 aliphatic rings. The molecule has 0 radical (unpaired) electrons. The standard InChI is InChI=1S/C41H57N7O11S4/c1-25-20-27(45-34(47-37(51)58-40(5,6)7)48-38(52)59-41(8,9)10)22-29(46-35(49)42-18-13-14-19-62(12,53)54)32(25)26-16-15-17-28(21-26)63(55,56)30-23-31(61-33(30)60-11)43-24-44-36(50)57-39(2,3)4/h15-17,20-24H,13-14,18-19H2,1-12H3,(H2,42,46,49)(H,43,44,50)(H2,45,47,48,51,52). The molecule has 0 aliphatic carbocycles. The van der Waals surface area contributed by atoms with Gasteiger partial charge in [-0.25, -0.2) is 41.0 Å². The highest BCUT2D eigenvalue weighted by Gasteiger charge is 2.26. The van der Waals surface area contributed by atoms with Crippen molar-refractivity contribution in [2.24, 2.45) is 9.98 Å². The van der Waals surface area contributed by atoms with E-state index in [0.717, 1.165) is 23.9 Å². The highest BCUT2D eigenvalue weighted by atomic mass is 32.2. The van der Waals surface area contributed by atoms with E-state index in [0.29, 0.717) is 38.7 Å². The maximum absolute atomic E-state index is 14.3. The van der Waals surface area contributed by atoms with Gasteiger partial charge in [0.1, 0.15) is 31.6 Å². The average molecular weight is 952 g/mol. The van der Waals surface area contributed by atoms with Gasteiger partial charge in [0.05, 0.1) is 26.0 Å². The number of unbranched alkanes of at least 4 members (excludes halogenated alkanes) is 1. The quantitative estimate of drug-likeness (QED) is 0.0354. The zero-order chi connectivity index (χ0) is 47.6. The number of carbonyl (C=O) groups excluding carboxylic acids is 4. The van der Waals surface area contributed by atoms with Crippen LogP contribution in [0.3, 0.4) is 0 Å². The van der Waals surface area contributed by atoms with Crippen molar-refractivity contribution in [1.82, 2.24) is 16.0 Å². The number of ether oxygens (including phenoxy) is 3. The molecule has 22 heteroatoms. The van der Waals surface area contributed by atoms with Crippen molar-refractivity contribution in [2.75, 3.05) is 35.4 Å². The Labute approximate surface area is 377 Å². The van der Waals surface area contributed by atoms with Crippen LogP contribution in [-0.2, 0) is 33.9 Å². The summed E-state index contributed by atoms with van der Waals surface area (Å²) in [5, 5.41) is 13.6. The summed E-state index contributed by atoms with van der Waals surface area (Å²) < 4.78 is 68.1. The second kappa shape index (κ2) is 21.5. The summed E-state index contributed by atoms with van der Waals surface area (Å²) in [7, 11) is -7.35. The number of benzene rings is 2. The number of thiophene rings is 1. The number of carbonyl (C=O) groups is 4. The number of aliphatic imine (C=N–C) groups is 2. The van der Waals surface area contributed by atoms with Crippen LogP contribution in [0.15, 0.2) is 66.4 Å². The fourth-order valence-electron chi connectivity index (χ4n) is 5.34. The molecule has 2 aromatic carbocycles. The summed E-state index contributed by atoms with van der Waals surface area (Å²) in [5.41, 5.74) is -0.778. The monoisotopic (exact) mass is 951 g/mol. The molecule has 0 bridgehead atoms. The van der Waals surface area contributed by atoms with Crippen LogP contribution in [0, 0.1) is 6.92 Å². The van der Waals surface area contributed by atoms with E-state index < -0.39 is 60.8 Å². The van der Waals surface area contributed by atoms with Crippen LogP contribution < -0.4 is 26.6 Å². The highest BCUT2D eigenvalue weighted by molar-refractivity contribution is 8.01. The number of nitrogens with one attached hydrogen (secondary N) is 5. The summed E-state index contributed by atoms with van der Waals surface area (Å²) in [4.78, 5) is 59.2. The van der Waals surface area contributed by atoms with Gasteiger partial charge in [-0.2, -0.15) is 0 Å². The molecule has 0 saturated carbocycles. The van der Waals surface area contributed by atoms with Gasteiger partial charge in [-0.05, 0) is 130 Å². The van der Waals surface area contributed by atoms with Gasteiger partial charge in [0, 0.05) is 29.8 Å². The van der Waals surface area contributed by atoms with Crippen molar-refractivity contribution in [1.29, 1.82) is 0 Å². The summed E-state index contributed by atoms with van der Waals surface area (Å²) in [6.45, 7) is 16.9. The minimum absolute atomic E-state index is 0.000674. The number of alkyl carbamates (subject to hydrolysis) is 2. The second-order valence-corrected chi connectivity index (χ2v) is 23.3. The number of sulfone groups is 2. The number of guanidine groups is 1. The van der Waals surface area contributed by atoms with Gasteiger partial charge < -0.3 is 30.2 Å². The summed E-state index contributed by atoms with van der Waals surface area (Å²) in [6, 6.07) is 10.0. The van der Waals surface area contributed by atoms with Crippen molar-refractivity contribution < 1.29 is 50.2 Å². The molecule has 5 amide bonds. The van der Waals surface area contributed by atoms with Crippen LogP contribution in [0.2, 0.25) is 0 Å². The molecule has 0 fully saturated rings. The van der Waals surface area contributed by atoms with Gasteiger partial charge in [-0.3, -0.25) is 10.6 Å². The molecule has 1 aromatic heterocycles. The van der Waals surface area contributed by atoms with Crippen LogP contribution in [0.5, 0.6) is 0 Å². The Balaban J connectivity index is 2.10. The maximum atomic E-state index is 14.3. The van der Waals surface area contributed by atoms with Gasteiger partial charge in [-0.15, -0.1) is 28.1 Å². The number of aryl methyl sites for hydroxylation is 1. The van der Waals surface area contributed by atoms with Gasteiger partial charge >= 0.3 is 24.3 Å². The predicted molar refractivity (Wildman–Crippen MR) is 248 cm³/mol. The first-order valence-electron chi connectivity index (χ1n) is 19.5. The Morgan fingerprint density at radius 1 is 0.825 bits per heavy atom. The summed E-state index contributed by atoms with van der Waals surface area (Å²) >= 11 is 2.33. The molecule has 5 N–H and O–H groups in total. The Morgan fingerprint density at radius 2 is 1.46 bits per heavy atom. The van der Waals surface area contributed by atoms with E-state index in [-0.39, 0.29) is 39.4 Å². The zero-order valence-electron chi connectivity index (χ0n) is 37.5. The van der Waals surface area contributed by atoms with E-state index in [1.807, 2.05) is 0 Å². The Kier molecular flexibility index (Phi) is 17.8. The lowest BCUT2D eigenvalue weighted by Crippen LogP contribution is -2.40. The second-order valence-electron chi connectivity index (χ2n) is 17.0. The summed E-state index contributed by atoms with van der Waals surface area (Å²) in [5.74, 6) is -0.398. The lowest BCUT2D eigenvalue weighted by molar-refractivity contribution is 0.0549. The van der Waals surface area contributed by atoms with Crippen LogP contribution in [0.4, 0.5) is 35.6 Å². The molecule has 0 atom stereocenters. The van der Waals surface area contributed by atoms with Gasteiger partial charge in [0.15, 0.2) is 0 Å². The average Bonchev–Trinajstić information content (AvgIpc) is 3.52. The fourth-order valence-corrected chi connectivity index (χ4v) is 9.94. The first-order chi connectivity index (χ1) is 28.9. The maximum Gasteiger partial charge on any atom is 0.437 e. The van der Waals surface area contributed by atoms with E-state index in [1.54, 1.807) is 93.7 Å². The van der Waals surface area contributed by atoms with Crippen molar-refractivity contribution in [3.8, 4) is 11.1 Å². The minimum Gasteiger partial charge on any atom is -0.444 e. The van der Waals surface area contributed by atoms with Crippen molar-refractivity contribution in [2.45, 2.75) is 113 Å². The lowest BCUT2D eigenvalue weighted by atomic mass is 9.97. The van der Waals surface area contributed by atoms with E-state index >= 15 is 0 Å². The largest absolute Gasteiger partial charge is 0.444 e. The fraction of sp³-hybridized carbons (Fsp3) is 0.463. The SMILES string of the molecule is CSc1sc(/N=C/NC(=O)OC(C)(C)C)cc1S(=O)(=O)c1cccc(-c2c(C)cc(N/C(=N\C(=O)OC(C)(C)C)NC(=O)OC(C)(C)C)cc2NC(=O)NCCCCS(C)(=O)=O)c1. The third kappa shape index (κ3) is 18.2. The molecule has 0 unspecified atom stereocenters. The third-order valence-corrected chi connectivity index (χ3v) is 12.9. The smallest absolute Gasteiger partial charge is 0.437 e. The molecule has 1 heterocycles. The molecule has 0 spiro atoms. The molecule has 0 saturated heterocycles. The third-order valence-electron chi connectivity index (χ3n) is 7.62. The molecular weight excluding hydrogens is 895 g/mol. The van der Waals surface area contributed by atoms with E-state index in [4.69, 9.17) is 14.2 Å². The normalized spacial score (nSPS) is 12.7. The van der Waals surface area contributed by atoms with Crippen LogP contribution in [0.1, 0.15) is 80.7 Å². The number of amides is 5. The van der Waals surface area contributed by atoms with Crippen molar-refractivity contribution in [3.05, 3.63) is 48.0 Å². The van der Waals surface area contributed by atoms with E-state index in [9.17, 15) is 36.0 Å². The molecule has 3 rings (SSSR count). The molecular formula is C41H57N7O11S4. The van der Waals surface area contributed by atoms with Crippen molar-refractivity contribution >= 4 is 95.8 Å². The first-order valence-corrected chi connectivity index (χ1v) is 25.0. The van der Waals surface area contributed by atoms with E-state index in [1.165, 1.54) is 36.0 Å². The van der Waals surface area contributed by atoms with Crippen molar-refractivity contribution in [3.63, 3.8) is 0 Å². The zero-order valence-corrected chi connectivity index (χ0v) is 40.7. The lowest BCUT2D eigenvalue weighted by Gasteiger charge is -2.22. The predicted octanol–water partition coefficient (Wildman–Crippen LogP) is 8.64.